The summed E-state index contributed by atoms with van der Waals surface area (Å²) < 4.78 is 0. The predicted octanol–water partition coefficient (Wildman–Crippen LogP) is 4.95. The van der Waals surface area contributed by atoms with Gasteiger partial charge in [-0.15, -0.1) is 0 Å². The monoisotopic (exact) mass is 516 g/mol. The number of nitrogens with zero attached hydrogens (tertiary/aromatic N) is 2. The lowest BCUT2D eigenvalue weighted by Gasteiger charge is -2.39. The van der Waals surface area contributed by atoms with Gasteiger partial charge in [0.15, 0.2) is 0 Å². The van der Waals surface area contributed by atoms with Crippen LogP contribution in [0.5, 0.6) is 0 Å². The third kappa shape index (κ3) is 5.84. The second-order valence-electron chi connectivity index (χ2n) is 10.1. The Balaban J connectivity index is 1.38. The molecule has 196 valence electrons. The minimum atomic E-state index is -0.619. The van der Waals surface area contributed by atoms with Gasteiger partial charge in [0.2, 0.25) is 11.8 Å². The average molecular weight is 517 g/mol. The largest absolute Gasteiger partial charge is 0.342 e. The van der Waals surface area contributed by atoms with Crippen molar-refractivity contribution in [3.05, 3.63) is 108 Å². The second-order valence-corrected chi connectivity index (χ2v) is 10.1. The average Bonchev–Trinajstić information content (AvgIpc) is 2.97. The molecule has 1 saturated heterocycles. The molecule has 2 amide bonds. The molecule has 2 atom stereocenters. The van der Waals surface area contributed by atoms with Crippen LogP contribution in [0, 0.1) is 11.3 Å². The third-order valence-corrected chi connectivity index (χ3v) is 7.43. The lowest BCUT2D eigenvalue weighted by molar-refractivity contribution is -0.150. The molecule has 0 saturated carbocycles. The fraction of sp³-hybridized carbons (Fsp3) is 0.242. The van der Waals surface area contributed by atoms with Gasteiger partial charge in [0.1, 0.15) is 12.1 Å². The molecule has 1 aliphatic heterocycles. The van der Waals surface area contributed by atoms with E-state index in [2.05, 4.69) is 35.7 Å². The molecule has 1 heterocycles. The topological polar surface area (TPSA) is 99.2 Å². The number of unbranched alkanes of at least 4 members (excludes halogenated alkanes) is 1. The van der Waals surface area contributed by atoms with Crippen molar-refractivity contribution in [3.8, 4) is 17.2 Å². The number of carbonyl (C=O) groups excluding carboxylic acids is 2. The quantitative estimate of drug-likeness (QED) is 0.308. The van der Waals surface area contributed by atoms with E-state index in [1.165, 1.54) is 0 Å². The van der Waals surface area contributed by atoms with E-state index < -0.39 is 12.1 Å². The Kier molecular flexibility index (Phi) is 8.00. The molecule has 5 rings (SSSR count). The Labute approximate surface area is 229 Å². The normalized spacial score (nSPS) is 17.2. The van der Waals surface area contributed by atoms with Crippen LogP contribution in [0.1, 0.15) is 36.0 Å². The highest BCUT2D eigenvalue weighted by atomic mass is 16.2. The van der Waals surface area contributed by atoms with Crippen LogP contribution in [0.25, 0.3) is 21.9 Å². The summed E-state index contributed by atoms with van der Waals surface area (Å²) in [5.41, 5.74) is 10.1. The lowest BCUT2D eigenvalue weighted by atomic mass is 9.95. The van der Waals surface area contributed by atoms with E-state index in [0.717, 1.165) is 45.9 Å². The second kappa shape index (κ2) is 11.9. The fourth-order valence-corrected chi connectivity index (χ4v) is 5.34. The van der Waals surface area contributed by atoms with E-state index in [0.29, 0.717) is 31.5 Å². The molecular weight excluding hydrogens is 484 g/mol. The van der Waals surface area contributed by atoms with Gasteiger partial charge in [0.25, 0.3) is 0 Å². The molecule has 3 N–H and O–H groups in total. The molecule has 4 aromatic carbocycles. The Bertz CT molecular complexity index is 1520. The summed E-state index contributed by atoms with van der Waals surface area (Å²) in [7, 11) is 0. The predicted molar refractivity (Wildman–Crippen MR) is 153 cm³/mol. The molecule has 6 heteroatoms. The van der Waals surface area contributed by atoms with Crippen molar-refractivity contribution in [1.29, 1.82) is 5.26 Å². The van der Waals surface area contributed by atoms with Gasteiger partial charge in [-0.2, -0.15) is 5.26 Å². The summed E-state index contributed by atoms with van der Waals surface area (Å²) in [6.45, 7) is 0.895. The number of nitriles is 1. The number of amides is 2. The zero-order chi connectivity index (χ0) is 27.2. The van der Waals surface area contributed by atoms with Gasteiger partial charge in [0.05, 0.1) is 11.6 Å². The molecule has 1 fully saturated rings. The molecule has 0 radical (unpaired) electrons. The molecular formula is C33H32N4O2. The molecule has 2 unspecified atom stereocenters. The van der Waals surface area contributed by atoms with Crippen LogP contribution in [0.15, 0.2) is 91.0 Å². The van der Waals surface area contributed by atoms with E-state index in [4.69, 9.17) is 5.73 Å². The molecule has 0 aromatic heterocycles. The third-order valence-electron chi connectivity index (χ3n) is 7.43. The van der Waals surface area contributed by atoms with Crippen LogP contribution in [0.4, 0.5) is 0 Å². The number of fused-ring (bicyclic) bond motifs is 1. The summed E-state index contributed by atoms with van der Waals surface area (Å²) in [5.74, 6) is -0.184. The number of rotatable bonds is 9. The van der Waals surface area contributed by atoms with E-state index in [9.17, 15) is 14.9 Å². The number of benzene rings is 4. The Morgan fingerprint density at radius 2 is 1.56 bits per heavy atom. The van der Waals surface area contributed by atoms with Crippen LogP contribution in [-0.2, 0) is 22.6 Å². The van der Waals surface area contributed by atoms with Gasteiger partial charge >= 0.3 is 0 Å². The highest BCUT2D eigenvalue weighted by Gasteiger charge is 2.40. The van der Waals surface area contributed by atoms with Crippen molar-refractivity contribution in [3.63, 3.8) is 0 Å². The lowest BCUT2D eigenvalue weighted by Crippen LogP contribution is -2.63. The molecule has 0 aliphatic carbocycles. The molecule has 6 nitrogen and oxygen atoms in total. The summed E-state index contributed by atoms with van der Waals surface area (Å²) in [5, 5.41) is 14.7. The van der Waals surface area contributed by atoms with Gasteiger partial charge in [-0.3, -0.25) is 9.59 Å². The standard InChI is InChI=1S/C33H32N4O2/c34-18-6-5-11-31-32(38)36-30(20-24-14-15-25-7-1-2-8-27(25)19-24)33(39)37(31)22-23-12-16-26(17-13-23)29-10-4-3-9-28(29)21-35/h1-4,7-10,12-17,19,30-31H,5-6,11,18,20,22,34H2,(H,36,38). The van der Waals surface area contributed by atoms with Crippen LogP contribution in [-0.4, -0.2) is 35.3 Å². The maximum atomic E-state index is 13.8. The first-order chi connectivity index (χ1) is 19.1. The maximum Gasteiger partial charge on any atom is 0.246 e. The van der Waals surface area contributed by atoms with E-state index in [1.807, 2.05) is 60.7 Å². The Morgan fingerprint density at radius 3 is 2.33 bits per heavy atom. The number of carbonyl (C=O) groups is 2. The molecule has 0 bridgehead atoms. The first kappa shape index (κ1) is 26.1. The van der Waals surface area contributed by atoms with E-state index >= 15 is 0 Å². The van der Waals surface area contributed by atoms with Crippen LogP contribution in [0.3, 0.4) is 0 Å². The van der Waals surface area contributed by atoms with Crippen molar-refractivity contribution >= 4 is 22.6 Å². The van der Waals surface area contributed by atoms with Crippen molar-refractivity contribution in [2.75, 3.05) is 6.54 Å². The highest BCUT2D eigenvalue weighted by molar-refractivity contribution is 5.97. The molecule has 0 spiro atoms. The first-order valence-electron chi connectivity index (χ1n) is 13.4. The summed E-state index contributed by atoms with van der Waals surface area (Å²) >= 11 is 0. The molecule has 4 aromatic rings. The van der Waals surface area contributed by atoms with Crippen LogP contribution >= 0.6 is 0 Å². The van der Waals surface area contributed by atoms with Crippen LogP contribution in [0.2, 0.25) is 0 Å². The zero-order valence-corrected chi connectivity index (χ0v) is 21.8. The van der Waals surface area contributed by atoms with Gasteiger partial charge in [-0.05, 0) is 64.9 Å². The maximum absolute atomic E-state index is 13.8. The zero-order valence-electron chi connectivity index (χ0n) is 21.8. The molecule has 1 aliphatic rings. The van der Waals surface area contributed by atoms with Gasteiger partial charge in [-0.1, -0.05) is 84.9 Å². The Morgan fingerprint density at radius 1 is 0.846 bits per heavy atom. The number of nitrogens with one attached hydrogen (secondary N) is 1. The fourth-order valence-electron chi connectivity index (χ4n) is 5.34. The minimum absolute atomic E-state index is 0.0700. The highest BCUT2D eigenvalue weighted by Crippen LogP contribution is 2.26. The van der Waals surface area contributed by atoms with Gasteiger partial charge in [-0.25, -0.2) is 0 Å². The van der Waals surface area contributed by atoms with Crippen molar-refractivity contribution < 1.29 is 9.59 Å². The smallest absolute Gasteiger partial charge is 0.246 e. The summed E-state index contributed by atoms with van der Waals surface area (Å²) in [4.78, 5) is 28.8. The van der Waals surface area contributed by atoms with Gasteiger partial charge < -0.3 is 16.0 Å². The van der Waals surface area contributed by atoms with E-state index in [-0.39, 0.29) is 11.8 Å². The minimum Gasteiger partial charge on any atom is -0.342 e. The number of nitrogens with two attached hydrogens (primary N) is 1. The number of piperazine rings is 1. The SMILES string of the molecule is N#Cc1ccccc1-c1ccc(CN2C(=O)C(Cc3ccc4ccccc4c3)NC(=O)C2CCCCN)cc1. The van der Waals surface area contributed by atoms with Gasteiger partial charge in [0, 0.05) is 13.0 Å². The Hall–Kier alpha value is -4.47. The molecule has 39 heavy (non-hydrogen) atoms. The number of hydrogen-bond acceptors (Lipinski definition) is 4. The van der Waals surface area contributed by atoms with Crippen molar-refractivity contribution in [2.24, 2.45) is 5.73 Å². The summed E-state index contributed by atoms with van der Waals surface area (Å²) in [6.07, 6.45) is 2.59. The van der Waals surface area contributed by atoms with Crippen LogP contribution < -0.4 is 11.1 Å². The number of hydrogen-bond donors (Lipinski definition) is 2. The summed E-state index contributed by atoms with van der Waals surface area (Å²) in [6, 6.07) is 30.7. The van der Waals surface area contributed by atoms with Crippen molar-refractivity contribution in [1.82, 2.24) is 10.2 Å². The van der Waals surface area contributed by atoms with E-state index in [1.54, 1.807) is 11.0 Å². The first-order valence-corrected chi connectivity index (χ1v) is 13.4. The van der Waals surface area contributed by atoms with Crippen molar-refractivity contribution in [2.45, 2.75) is 44.3 Å².